The minimum atomic E-state index is -1.04. The van der Waals surface area contributed by atoms with Gasteiger partial charge in [0, 0.05) is 0 Å². The second-order valence-corrected chi connectivity index (χ2v) is 2.60. The fourth-order valence-electron chi connectivity index (χ4n) is 0.557. The number of rotatable bonds is 0. The molecule has 1 aromatic carbocycles. The zero-order chi connectivity index (χ0) is 8.59. The molecular formula is C6H2Cl2F2O. The van der Waals surface area contributed by atoms with E-state index in [1.54, 1.807) is 0 Å². The van der Waals surface area contributed by atoms with E-state index in [-0.39, 0.29) is 0 Å². The van der Waals surface area contributed by atoms with Gasteiger partial charge in [0.05, 0.1) is 5.02 Å². The Bertz CT molecular complexity index is 275. The van der Waals surface area contributed by atoms with Crippen LogP contribution in [0.5, 0.6) is 5.75 Å². The van der Waals surface area contributed by atoms with Crippen LogP contribution >= 0.6 is 23.2 Å². The van der Waals surface area contributed by atoms with Crippen LogP contribution in [0.4, 0.5) is 8.78 Å². The number of phenols is 1. The Kier molecular flexibility index (Phi) is 2.20. The highest BCUT2D eigenvalue weighted by Crippen LogP contribution is 2.33. The number of hydrogen-bond acceptors (Lipinski definition) is 1. The predicted octanol–water partition coefficient (Wildman–Crippen LogP) is 2.98. The fraction of sp³-hybridized carbons (Fsp3) is 0. The molecule has 0 aliphatic rings. The molecule has 0 atom stereocenters. The molecule has 0 saturated heterocycles. The molecular weight excluding hydrogens is 197 g/mol. The molecule has 0 bridgehead atoms. The summed E-state index contributed by atoms with van der Waals surface area (Å²) in [5.74, 6) is -2.98. The van der Waals surface area contributed by atoms with Crippen LogP contribution in [0.1, 0.15) is 0 Å². The predicted molar refractivity (Wildman–Crippen MR) is 38.0 cm³/mol. The van der Waals surface area contributed by atoms with Crippen molar-refractivity contribution in [2.75, 3.05) is 0 Å². The number of hydrogen-bond donors (Lipinski definition) is 1. The Morgan fingerprint density at radius 2 is 1.82 bits per heavy atom. The Hall–Kier alpha value is -0.540. The van der Waals surface area contributed by atoms with Gasteiger partial charge in [0.25, 0.3) is 0 Å². The minimum Gasteiger partial charge on any atom is -0.504 e. The van der Waals surface area contributed by atoms with Gasteiger partial charge in [-0.15, -0.1) is 0 Å². The van der Waals surface area contributed by atoms with Crippen molar-refractivity contribution in [1.82, 2.24) is 0 Å². The molecule has 0 amide bonds. The average Bonchev–Trinajstić information content (AvgIpc) is 1.97. The maximum atomic E-state index is 12.6. The van der Waals surface area contributed by atoms with Gasteiger partial charge >= 0.3 is 0 Å². The van der Waals surface area contributed by atoms with Crippen LogP contribution in [0.15, 0.2) is 6.07 Å². The third-order valence-electron chi connectivity index (χ3n) is 1.09. The van der Waals surface area contributed by atoms with Gasteiger partial charge in [-0.2, -0.15) is 0 Å². The molecule has 0 radical (unpaired) electrons. The van der Waals surface area contributed by atoms with Crippen molar-refractivity contribution < 1.29 is 13.9 Å². The number of halogens is 4. The molecule has 1 rings (SSSR count). The lowest BCUT2D eigenvalue weighted by Crippen LogP contribution is -1.84. The summed E-state index contributed by atoms with van der Waals surface area (Å²) in [4.78, 5) is 0. The van der Waals surface area contributed by atoms with Crippen molar-refractivity contribution in [2.45, 2.75) is 0 Å². The lowest BCUT2D eigenvalue weighted by Gasteiger charge is -2.00. The highest BCUT2D eigenvalue weighted by molar-refractivity contribution is 6.35. The van der Waals surface area contributed by atoms with E-state index in [1.165, 1.54) is 0 Å². The molecule has 0 fully saturated rings. The zero-order valence-electron chi connectivity index (χ0n) is 5.04. The van der Waals surface area contributed by atoms with Crippen molar-refractivity contribution in [3.63, 3.8) is 0 Å². The van der Waals surface area contributed by atoms with E-state index in [0.717, 1.165) is 0 Å². The van der Waals surface area contributed by atoms with E-state index in [2.05, 4.69) is 0 Å². The molecule has 1 aromatic rings. The van der Waals surface area contributed by atoms with Gasteiger partial charge in [-0.25, -0.2) is 8.78 Å². The van der Waals surface area contributed by atoms with Gasteiger partial charge in [0.2, 0.25) is 0 Å². The summed E-state index contributed by atoms with van der Waals surface area (Å²) < 4.78 is 25.0. The van der Waals surface area contributed by atoms with Crippen molar-refractivity contribution in [3.8, 4) is 5.75 Å². The first-order chi connectivity index (χ1) is 5.04. The van der Waals surface area contributed by atoms with Gasteiger partial charge < -0.3 is 5.11 Å². The molecule has 5 heteroatoms. The van der Waals surface area contributed by atoms with Crippen molar-refractivity contribution in [3.05, 3.63) is 27.7 Å². The third-order valence-corrected chi connectivity index (χ3v) is 1.71. The molecule has 0 aromatic heterocycles. The van der Waals surface area contributed by atoms with Crippen molar-refractivity contribution in [2.24, 2.45) is 0 Å². The molecule has 0 unspecified atom stereocenters. The van der Waals surface area contributed by atoms with E-state index in [0.29, 0.717) is 6.07 Å². The van der Waals surface area contributed by atoms with Gasteiger partial charge in [-0.1, -0.05) is 23.2 Å². The molecule has 0 aliphatic carbocycles. The normalized spacial score (nSPS) is 10.2. The summed E-state index contributed by atoms with van der Waals surface area (Å²) in [6, 6.07) is 0.651. The number of aromatic hydroxyl groups is 1. The van der Waals surface area contributed by atoms with Crippen LogP contribution in [0.3, 0.4) is 0 Å². The largest absolute Gasteiger partial charge is 0.504 e. The monoisotopic (exact) mass is 198 g/mol. The SMILES string of the molecule is Oc1c(F)cc(Cl)c(F)c1Cl. The third kappa shape index (κ3) is 1.39. The van der Waals surface area contributed by atoms with E-state index in [1.807, 2.05) is 0 Å². The van der Waals surface area contributed by atoms with E-state index < -0.39 is 27.4 Å². The lowest BCUT2D eigenvalue weighted by molar-refractivity contribution is 0.427. The molecule has 1 N–H and O–H groups in total. The standard InChI is InChI=1S/C6H2Cl2F2O/c7-2-1-3(9)6(11)4(8)5(2)10/h1,11H. The fourth-order valence-corrected chi connectivity index (χ4v) is 0.987. The Balaban J connectivity index is 3.46. The van der Waals surface area contributed by atoms with Crippen LogP contribution in [0.2, 0.25) is 10.0 Å². The summed E-state index contributed by atoms with van der Waals surface area (Å²) in [5, 5.41) is 7.55. The maximum absolute atomic E-state index is 12.6. The molecule has 1 nitrogen and oxygen atoms in total. The summed E-state index contributed by atoms with van der Waals surface area (Å²) in [6.45, 7) is 0. The molecule has 11 heavy (non-hydrogen) atoms. The molecule has 0 saturated carbocycles. The maximum Gasteiger partial charge on any atom is 0.173 e. The summed E-state index contributed by atoms with van der Waals surface area (Å²) in [5.41, 5.74) is 0. The van der Waals surface area contributed by atoms with Crippen molar-refractivity contribution >= 4 is 23.2 Å². The highest BCUT2D eigenvalue weighted by Gasteiger charge is 2.14. The number of phenolic OH excluding ortho intramolecular Hbond substituents is 1. The van der Waals surface area contributed by atoms with Gasteiger partial charge in [0.15, 0.2) is 17.4 Å². The smallest absolute Gasteiger partial charge is 0.173 e. The minimum absolute atomic E-state index is 0.453. The van der Waals surface area contributed by atoms with Crippen LogP contribution in [-0.4, -0.2) is 5.11 Å². The highest BCUT2D eigenvalue weighted by atomic mass is 35.5. The van der Waals surface area contributed by atoms with Crippen molar-refractivity contribution in [1.29, 1.82) is 0 Å². The van der Waals surface area contributed by atoms with E-state index in [4.69, 9.17) is 28.3 Å². The summed E-state index contributed by atoms with van der Waals surface area (Å²) in [6.07, 6.45) is 0. The first kappa shape index (κ1) is 8.56. The first-order valence-corrected chi connectivity index (χ1v) is 3.31. The zero-order valence-corrected chi connectivity index (χ0v) is 6.55. The second-order valence-electron chi connectivity index (χ2n) is 1.82. The van der Waals surface area contributed by atoms with Crippen LogP contribution in [-0.2, 0) is 0 Å². The topological polar surface area (TPSA) is 20.2 Å². The van der Waals surface area contributed by atoms with E-state index in [9.17, 15) is 8.78 Å². The lowest BCUT2D eigenvalue weighted by atomic mass is 10.3. The van der Waals surface area contributed by atoms with Crippen LogP contribution in [0.25, 0.3) is 0 Å². The van der Waals surface area contributed by atoms with Gasteiger partial charge in [-0.3, -0.25) is 0 Å². The summed E-state index contributed by atoms with van der Waals surface area (Å²) >= 11 is 10.3. The molecule has 0 heterocycles. The Morgan fingerprint density at radius 3 is 2.36 bits per heavy atom. The van der Waals surface area contributed by atoms with Gasteiger partial charge in [0.1, 0.15) is 5.02 Å². The molecule has 0 aliphatic heterocycles. The Morgan fingerprint density at radius 1 is 1.27 bits per heavy atom. The van der Waals surface area contributed by atoms with Crippen LogP contribution in [0, 0.1) is 11.6 Å². The molecule has 0 spiro atoms. The Labute approximate surface area is 71.2 Å². The second kappa shape index (κ2) is 2.83. The van der Waals surface area contributed by atoms with E-state index >= 15 is 0 Å². The average molecular weight is 199 g/mol. The number of benzene rings is 1. The quantitative estimate of drug-likeness (QED) is 0.502. The summed E-state index contributed by atoms with van der Waals surface area (Å²) in [7, 11) is 0. The van der Waals surface area contributed by atoms with Crippen LogP contribution < -0.4 is 0 Å². The first-order valence-electron chi connectivity index (χ1n) is 2.56. The van der Waals surface area contributed by atoms with Gasteiger partial charge in [-0.05, 0) is 6.07 Å². The molecule has 60 valence electrons.